The molecule has 0 unspecified atom stereocenters. The number of carbonyl (C=O) groups excluding carboxylic acids is 1. The highest BCUT2D eigenvalue weighted by Gasteiger charge is 2.21. The molecule has 0 heterocycles. The number of nitrogens with one attached hydrogen (secondary N) is 1. The van der Waals surface area contributed by atoms with E-state index in [0.717, 1.165) is 5.56 Å². The van der Waals surface area contributed by atoms with Gasteiger partial charge in [0, 0.05) is 18.5 Å². The van der Waals surface area contributed by atoms with E-state index >= 15 is 0 Å². The van der Waals surface area contributed by atoms with Crippen LogP contribution in [0.25, 0.3) is 0 Å². The van der Waals surface area contributed by atoms with Gasteiger partial charge >= 0.3 is 0 Å². The highest BCUT2D eigenvalue weighted by atomic mass is 35.5. The smallest absolute Gasteiger partial charge is 0.216 e. The van der Waals surface area contributed by atoms with Gasteiger partial charge in [-0.2, -0.15) is 0 Å². The van der Waals surface area contributed by atoms with E-state index in [0.29, 0.717) is 18.0 Å². The Morgan fingerprint density at radius 1 is 1.32 bits per heavy atom. The number of hydrogen-bond acceptors (Lipinski definition) is 3. The molecule has 0 aliphatic rings. The molecular weight excluding hydrogens is 286 g/mol. The second-order valence-electron chi connectivity index (χ2n) is 4.40. The van der Waals surface area contributed by atoms with Crippen LogP contribution < -0.4 is 5.32 Å². The molecule has 0 aliphatic heterocycles. The molecule has 0 saturated carbocycles. The van der Waals surface area contributed by atoms with Crippen molar-refractivity contribution >= 4 is 27.3 Å². The number of sulfone groups is 1. The van der Waals surface area contributed by atoms with E-state index < -0.39 is 15.1 Å². The van der Waals surface area contributed by atoms with Gasteiger partial charge in [0.05, 0.1) is 11.0 Å². The molecular formula is C13H18ClNO3S. The van der Waals surface area contributed by atoms with Crippen LogP contribution in [0.1, 0.15) is 31.1 Å². The minimum atomic E-state index is -3.22. The third-order valence-electron chi connectivity index (χ3n) is 2.86. The fourth-order valence-corrected chi connectivity index (χ4v) is 3.25. The quantitative estimate of drug-likeness (QED) is 0.821. The summed E-state index contributed by atoms with van der Waals surface area (Å²) in [5.41, 5.74) is 0.726. The summed E-state index contributed by atoms with van der Waals surface area (Å²) in [6, 6.07) is 6.80. The van der Waals surface area contributed by atoms with Crippen molar-refractivity contribution in [3.63, 3.8) is 0 Å². The Morgan fingerprint density at radius 2 is 1.89 bits per heavy atom. The summed E-state index contributed by atoms with van der Waals surface area (Å²) in [5, 5.41) is 2.60. The Hall–Kier alpha value is -1.07. The first kappa shape index (κ1) is 16.0. The van der Waals surface area contributed by atoms with Gasteiger partial charge in [-0.25, -0.2) is 8.42 Å². The lowest BCUT2D eigenvalue weighted by Crippen LogP contribution is -2.24. The van der Waals surface area contributed by atoms with Crippen molar-refractivity contribution in [2.45, 2.75) is 25.5 Å². The fraction of sp³-hybridized carbons (Fsp3) is 0.462. The van der Waals surface area contributed by atoms with E-state index in [-0.39, 0.29) is 11.7 Å². The molecule has 19 heavy (non-hydrogen) atoms. The SMILES string of the molecule is CC(=O)NCCCS(=O)(=O)[C@@H](C)c1ccc(Cl)cc1. The second-order valence-corrected chi connectivity index (χ2v) is 7.27. The van der Waals surface area contributed by atoms with Crippen molar-refractivity contribution in [3.05, 3.63) is 34.9 Å². The van der Waals surface area contributed by atoms with Crippen LogP contribution in [0.5, 0.6) is 0 Å². The first-order valence-corrected chi connectivity index (χ1v) is 8.14. The van der Waals surface area contributed by atoms with E-state index in [1.54, 1.807) is 31.2 Å². The molecule has 1 aromatic rings. The predicted molar refractivity (Wildman–Crippen MR) is 77.0 cm³/mol. The molecule has 0 aromatic heterocycles. The second kappa shape index (κ2) is 6.91. The molecule has 0 fully saturated rings. The van der Waals surface area contributed by atoms with Crippen LogP contribution in [-0.2, 0) is 14.6 Å². The highest BCUT2D eigenvalue weighted by Crippen LogP contribution is 2.24. The zero-order valence-electron chi connectivity index (χ0n) is 11.0. The zero-order chi connectivity index (χ0) is 14.5. The molecule has 106 valence electrons. The molecule has 0 radical (unpaired) electrons. The molecule has 1 aromatic carbocycles. The zero-order valence-corrected chi connectivity index (χ0v) is 12.6. The Labute approximate surface area is 119 Å². The number of halogens is 1. The van der Waals surface area contributed by atoms with Crippen LogP contribution in [0.3, 0.4) is 0 Å². The molecule has 1 atom stereocenters. The van der Waals surface area contributed by atoms with Gasteiger partial charge in [-0.15, -0.1) is 0 Å². The van der Waals surface area contributed by atoms with Crippen LogP contribution in [0.15, 0.2) is 24.3 Å². The first-order chi connectivity index (χ1) is 8.83. The molecule has 1 rings (SSSR count). The van der Waals surface area contributed by atoms with Crippen molar-refractivity contribution in [2.24, 2.45) is 0 Å². The maximum atomic E-state index is 12.1. The summed E-state index contributed by atoms with van der Waals surface area (Å²) in [6.45, 7) is 3.45. The van der Waals surface area contributed by atoms with Crippen LogP contribution in [-0.4, -0.2) is 26.6 Å². The third kappa shape index (κ3) is 5.20. The molecule has 0 aliphatic carbocycles. The number of rotatable bonds is 6. The van der Waals surface area contributed by atoms with Gasteiger partial charge in [0.25, 0.3) is 0 Å². The topological polar surface area (TPSA) is 63.2 Å². The maximum Gasteiger partial charge on any atom is 0.216 e. The predicted octanol–water partition coefficient (Wildman–Crippen LogP) is 2.34. The van der Waals surface area contributed by atoms with Gasteiger partial charge in [0.15, 0.2) is 9.84 Å². The minimum absolute atomic E-state index is 0.0527. The van der Waals surface area contributed by atoms with Gasteiger partial charge in [-0.05, 0) is 31.0 Å². The Morgan fingerprint density at radius 3 is 2.42 bits per heavy atom. The van der Waals surface area contributed by atoms with E-state index in [4.69, 9.17) is 11.6 Å². The van der Waals surface area contributed by atoms with Crippen LogP contribution in [0.2, 0.25) is 5.02 Å². The average Bonchev–Trinajstić information content (AvgIpc) is 2.34. The number of carbonyl (C=O) groups is 1. The standard InChI is InChI=1S/C13H18ClNO3S/c1-10(12-4-6-13(14)7-5-12)19(17,18)9-3-8-15-11(2)16/h4-7,10H,3,8-9H2,1-2H3,(H,15,16)/t10-/m0/s1. The summed E-state index contributed by atoms with van der Waals surface area (Å²) in [5.74, 6) is -0.0972. The van der Waals surface area contributed by atoms with Crippen LogP contribution in [0, 0.1) is 0 Å². The van der Waals surface area contributed by atoms with Crippen molar-refractivity contribution < 1.29 is 13.2 Å². The Balaban J connectivity index is 2.61. The first-order valence-electron chi connectivity index (χ1n) is 6.04. The Kier molecular flexibility index (Phi) is 5.82. The van der Waals surface area contributed by atoms with E-state index in [9.17, 15) is 13.2 Å². The van der Waals surface area contributed by atoms with Crippen LogP contribution in [0.4, 0.5) is 0 Å². The molecule has 1 N–H and O–H groups in total. The number of amides is 1. The lowest BCUT2D eigenvalue weighted by atomic mass is 10.2. The van der Waals surface area contributed by atoms with E-state index in [1.807, 2.05) is 0 Å². The largest absolute Gasteiger partial charge is 0.356 e. The summed E-state index contributed by atoms with van der Waals surface area (Å²) >= 11 is 5.77. The van der Waals surface area contributed by atoms with Gasteiger partial charge in [-0.1, -0.05) is 23.7 Å². The van der Waals surface area contributed by atoms with Crippen molar-refractivity contribution in [2.75, 3.05) is 12.3 Å². The molecule has 4 nitrogen and oxygen atoms in total. The minimum Gasteiger partial charge on any atom is -0.356 e. The van der Waals surface area contributed by atoms with Gasteiger partial charge in [-0.3, -0.25) is 4.79 Å². The molecule has 1 amide bonds. The number of benzene rings is 1. The molecule has 0 bridgehead atoms. The van der Waals surface area contributed by atoms with Crippen molar-refractivity contribution in [1.29, 1.82) is 0 Å². The summed E-state index contributed by atoms with van der Waals surface area (Å²) in [4.78, 5) is 10.7. The van der Waals surface area contributed by atoms with Crippen molar-refractivity contribution in [3.8, 4) is 0 Å². The van der Waals surface area contributed by atoms with Gasteiger partial charge in [0.2, 0.25) is 5.91 Å². The third-order valence-corrected chi connectivity index (χ3v) is 5.32. The van der Waals surface area contributed by atoms with E-state index in [1.165, 1.54) is 6.92 Å². The normalized spacial score (nSPS) is 13.0. The Bertz CT molecular complexity index is 525. The van der Waals surface area contributed by atoms with Gasteiger partial charge < -0.3 is 5.32 Å². The van der Waals surface area contributed by atoms with Gasteiger partial charge in [0.1, 0.15) is 0 Å². The molecule has 0 saturated heterocycles. The number of hydrogen-bond donors (Lipinski definition) is 1. The lowest BCUT2D eigenvalue weighted by Gasteiger charge is -2.13. The summed E-state index contributed by atoms with van der Waals surface area (Å²) < 4.78 is 24.2. The van der Waals surface area contributed by atoms with E-state index in [2.05, 4.69) is 5.32 Å². The monoisotopic (exact) mass is 303 g/mol. The van der Waals surface area contributed by atoms with Crippen molar-refractivity contribution in [1.82, 2.24) is 5.32 Å². The lowest BCUT2D eigenvalue weighted by molar-refractivity contribution is -0.118. The summed E-state index contributed by atoms with van der Waals surface area (Å²) in [6.07, 6.45) is 0.417. The maximum absolute atomic E-state index is 12.1. The highest BCUT2D eigenvalue weighted by molar-refractivity contribution is 7.91. The average molecular weight is 304 g/mol. The fourth-order valence-electron chi connectivity index (χ4n) is 1.66. The van der Waals surface area contributed by atoms with Crippen LogP contribution >= 0.6 is 11.6 Å². The molecule has 0 spiro atoms. The molecule has 6 heteroatoms. The summed E-state index contributed by atoms with van der Waals surface area (Å²) in [7, 11) is -3.22.